The molecule has 16 nitrogen and oxygen atoms in total. The number of imidazole rings is 1. The van der Waals surface area contributed by atoms with Crippen LogP contribution in [0.15, 0.2) is 55.0 Å². The highest BCUT2D eigenvalue weighted by atomic mass is 16.5. The Balaban J connectivity index is 0.000000434. The maximum Gasteiger partial charge on any atom is 0.335 e. The number of hydrogen-bond acceptors (Lipinski definition) is 11. The van der Waals surface area contributed by atoms with E-state index in [2.05, 4.69) is 27.1 Å². The fourth-order valence-electron chi connectivity index (χ4n) is 4.90. The zero-order chi connectivity index (χ0) is 34.2. The standard InChI is InChI=1S/C27H25N7O3.C4H6O6/c1-3-7-22(35)33-14-6-8-19(33)26-32-23(24-25(28)30-13-15-34(24)26)17-10-11-18(20(16-17)37-2)27(36)31-21-9-4-5-12-29-21;5-1(3(7)8)2(6)4(9)10/h4-5,9-13,15-16,19H,6,8,14H2,1-2H3,(H2,28,30)(H,29,31,36);1-2,5-6H,(H,7,8)(H,9,10)/t19-;/m0./s1. The van der Waals surface area contributed by atoms with Gasteiger partial charge in [-0.2, -0.15) is 0 Å². The first-order chi connectivity index (χ1) is 22.5. The van der Waals surface area contributed by atoms with Crippen LogP contribution in [-0.2, 0) is 14.4 Å². The van der Waals surface area contributed by atoms with E-state index in [4.69, 9.17) is 35.9 Å². The molecule has 3 atom stereocenters. The number of amides is 2. The molecule has 3 aromatic heterocycles. The van der Waals surface area contributed by atoms with Crippen molar-refractivity contribution in [2.24, 2.45) is 0 Å². The van der Waals surface area contributed by atoms with Crippen molar-refractivity contribution < 1.29 is 44.3 Å². The number of carbonyl (C=O) groups is 4. The van der Waals surface area contributed by atoms with Crippen LogP contribution < -0.4 is 15.8 Å². The number of nitrogens with two attached hydrogens (primary N) is 1. The van der Waals surface area contributed by atoms with E-state index in [0.29, 0.717) is 52.1 Å². The second-order valence-electron chi connectivity index (χ2n) is 10.0. The van der Waals surface area contributed by atoms with Crippen LogP contribution in [-0.4, -0.2) is 94.3 Å². The lowest BCUT2D eigenvalue weighted by Gasteiger charge is -2.21. The molecule has 1 aromatic carbocycles. The minimum atomic E-state index is -2.27. The van der Waals surface area contributed by atoms with E-state index in [1.165, 1.54) is 7.11 Å². The number of aromatic nitrogens is 4. The summed E-state index contributed by atoms with van der Waals surface area (Å²) < 4.78 is 7.44. The van der Waals surface area contributed by atoms with E-state index in [9.17, 15) is 19.2 Å². The third kappa shape index (κ3) is 7.44. The molecule has 1 aliphatic rings. The largest absolute Gasteiger partial charge is 0.496 e. The number of ether oxygens (including phenoxy) is 1. The SMILES string of the molecule is CC#CC(=O)N1CCC[C@H]1c1nc(-c2ccc(C(=O)Nc3ccccn3)c(OC)c2)c2c(N)nccn12.O=C(O)C(O)C(O)C(=O)O. The summed E-state index contributed by atoms with van der Waals surface area (Å²) in [6, 6.07) is 10.2. The van der Waals surface area contributed by atoms with Gasteiger partial charge in [0.1, 0.15) is 34.4 Å². The van der Waals surface area contributed by atoms with Gasteiger partial charge in [-0.25, -0.2) is 24.5 Å². The molecular weight excluding hydrogens is 614 g/mol. The van der Waals surface area contributed by atoms with Gasteiger partial charge < -0.3 is 41.1 Å². The molecule has 0 saturated carbocycles. The molecule has 5 rings (SSSR count). The molecule has 4 aromatic rings. The van der Waals surface area contributed by atoms with Gasteiger partial charge in [0, 0.05) is 30.7 Å². The van der Waals surface area contributed by atoms with E-state index in [-0.39, 0.29) is 17.9 Å². The van der Waals surface area contributed by atoms with Gasteiger partial charge in [-0.3, -0.25) is 14.0 Å². The molecule has 244 valence electrons. The van der Waals surface area contributed by atoms with Crippen molar-refractivity contribution >= 4 is 40.9 Å². The maximum atomic E-state index is 12.9. The third-order valence-corrected chi connectivity index (χ3v) is 7.09. The van der Waals surface area contributed by atoms with Crippen LogP contribution >= 0.6 is 0 Å². The number of pyridine rings is 1. The predicted molar refractivity (Wildman–Crippen MR) is 166 cm³/mol. The Labute approximate surface area is 267 Å². The number of methoxy groups -OCH3 is 1. The first-order valence-electron chi connectivity index (χ1n) is 14.1. The lowest BCUT2D eigenvalue weighted by atomic mass is 10.1. The number of carboxylic acid groups (broad SMARTS) is 2. The van der Waals surface area contributed by atoms with Crippen LogP contribution in [0.2, 0.25) is 0 Å². The van der Waals surface area contributed by atoms with E-state index >= 15 is 0 Å². The van der Waals surface area contributed by atoms with Crippen molar-refractivity contribution in [3.63, 3.8) is 0 Å². The maximum absolute atomic E-state index is 12.9. The van der Waals surface area contributed by atoms with Crippen LogP contribution in [0.5, 0.6) is 5.75 Å². The minimum absolute atomic E-state index is 0.227. The number of nitrogen functional groups attached to an aromatic ring is 1. The van der Waals surface area contributed by atoms with Crippen molar-refractivity contribution in [3.8, 4) is 28.8 Å². The Morgan fingerprint density at radius 2 is 1.79 bits per heavy atom. The Morgan fingerprint density at radius 1 is 1.06 bits per heavy atom. The van der Waals surface area contributed by atoms with Crippen molar-refractivity contribution in [1.29, 1.82) is 0 Å². The normalized spacial score (nSPS) is 15.0. The summed E-state index contributed by atoms with van der Waals surface area (Å²) in [5.74, 6) is 3.00. The quantitative estimate of drug-likeness (QED) is 0.148. The summed E-state index contributed by atoms with van der Waals surface area (Å²) >= 11 is 0. The highest BCUT2D eigenvalue weighted by molar-refractivity contribution is 6.06. The first-order valence-corrected chi connectivity index (χ1v) is 14.1. The minimum Gasteiger partial charge on any atom is -0.496 e. The zero-order valence-electron chi connectivity index (χ0n) is 25.2. The highest BCUT2D eigenvalue weighted by Gasteiger charge is 2.34. The highest BCUT2D eigenvalue weighted by Crippen LogP contribution is 2.37. The number of hydrogen-bond donors (Lipinski definition) is 6. The Hall–Kier alpha value is -6.05. The third-order valence-electron chi connectivity index (χ3n) is 7.09. The Morgan fingerprint density at radius 3 is 2.40 bits per heavy atom. The molecule has 1 fully saturated rings. The molecule has 47 heavy (non-hydrogen) atoms. The summed E-state index contributed by atoms with van der Waals surface area (Å²) in [5.41, 5.74) is 8.54. The van der Waals surface area contributed by atoms with E-state index in [1.54, 1.807) is 66.8 Å². The average Bonchev–Trinajstić information content (AvgIpc) is 3.70. The number of aliphatic carboxylic acids is 2. The van der Waals surface area contributed by atoms with Crippen molar-refractivity contribution in [3.05, 3.63) is 66.4 Å². The lowest BCUT2D eigenvalue weighted by Crippen LogP contribution is -2.39. The fourth-order valence-corrected chi connectivity index (χ4v) is 4.90. The fraction of sp³-hybridized carbons (Fsp3) is 0.258. The number of nitrogens with zero attached hydrogens (tertiary/aromatic N) is 5. The number of likely N-dealkylation sites (tertiary alicyclic amines) is 1. The predicted octanol–water partition coefficient (Wildman–Crippen LogP) is 1.20. The van der Waals surface area contributed by atoms with Gasteiger partial charge in [-0.15, -0.1) is 0 Å². The summed E-state index contributed by atoms with van der Waals surface area (Å²) in [4.78, 5) is 60.2. The van der Waals surface area contributed by atoms with Gasteiger partial charge >= 0.3 is 11.9 Å². The average molecular weight is 646 g/mol. The second-order valence-corrected chi connectivity index (χ2v) is 10.0. The molecule has 0 spiro atoms. The molecule has 2 unspecified atom stereocenters. The number of anilines is 2. The number of benzene rings is 1. The van der Waals surface area contributed by atoms with Crippen molar-refractivity contribution in [2.45, 2.75) is 38.0 Å². The molecule has 16 heteroatoms. The lowest BCUT2D eigenvalue weighted by molar-refractivity contribution is -0.165. The molecule has 0 bridgehead atoms. The summed E-state index contributed by atoms with van der Waals surface area (Å²) in [5, 5.41) is 35.3. The van der Waals surface area contributed by atoms with E-state index in [0.717, 1.165) is 12.8 Å². The van der Waals surface area contributed by atoms with Crippen molar-refractivity contribution in [1.82, 2.24) is 24.3 Å². The Bertz CT molecular complexity index is 1850. The molecule has 7 N–H and O–H groups in total. The first kappa shape index (κ1) is 33.8. The number of nitrogens with one attached hydrogen (secondary N) is 1. The van der Waals surface area contributed by atoms with Crippen LogP contribution in [0.4, 0.5) is 11.6 Å². The zero-order valence-corrected chi connectivity index (χ0v) is 25.2. The number of carbonyl (C=O) groups excluding carboxylic acids is 2. The van der Waals surface area contributed by atoms with Crippen LogP contribution in [0.25, 0.3) is 16.8 Å². The molecule has 4 heterocycles. The van der Waals surface area contributed by atoms with Gasteiger partial charge in [-0.1, -0.05) is 18.1 Å². The summed E-state index contributed by atoms with van der Waals surface area (Å²) in [6.07, 6.45) is 2.07. The Kier molecular flexibility index (Phi) is 10.7. The van der Waals surface area contributed by atoms with Gasteiger partial charge in [0.2, 0.25) is 0 Å². The van der Waals surface area contributed by atoms with Gasteiger partial charge in [0.25, 0.3) is 11.8 Å². The summed E-state index contributed by atoms with van der Waals surface area (Å²) in [6.45, 7) is 2.25. The van der Waals surface area contributed by atoms with Gasteiger partial charge in [0.05, 0.1) is 18.7 Å². The van der Waals surface area contributed by atoms with E-state index < -0.39 is 24.1 Å². The second kappa shape index (κ2) is 14.8. The molecule has 0 radical (unpaired) electrons. The van der Waals surface area contributed by atoms with Crippen molar-refractivity contribution in [2.75, 3.05) is 24.7 Å². The monoisotopic (exact) mass is 645 g/mol. The molecule has 1 saturated heterocycles. The smallest absolute Gasteiger partial charge is 0.335 e. The molecule has 2 amide bonds. The van der Waals surface area contributed by atoms with Crippen LogP contribution in [0.3, 0.4) is 0 Å². The van der Waals surface area contributed by atoms with Gasteiger partial charge in [0.15, 0.2) is 12.2 Å². The number of aliphatic hydroxyl groups is 2. The molecule has 1 aliphatic heterocycles. The number of aliphatic hydroxyl groups excluding tert-OH is 2. The number of fused-ring (bicyclic) bond motifs is 1. The summed E-state index contributed by atoms with van der Waals surface area (Å²) in [7, 11) is 1.50. The van der Waals surface area contributed by atoms with Gasteiger partial charge in [-0.05, 0) is 50.0 Å². The van der Waals surface area contributed by atoms with E-state index in [1.807, 2.05) is 4.40 Å². The number of carboxylic acids is 2. The topological polar surface area (TPSA) is 243 Å². The van der Waals surface area contributed by atoms with Crippen LogP contribution in [0, 0.1) is 11.8 Å². The number of rotatable bonds is 8. The van der Waals surface area contributed by atoms with Crippen LogP contribution in [0.1, 0.15) is 42.0 Å². The molecular formula is C31H31N7O9. The molecule has 0 aliphatic carbocycles.